The molecular weight excluding hydrogens is 253 g/mol. The first-order valence-corrected chi connectivity index (χ1v) is 6.85. The van der Waals surface area contributed by atoms with E-state index < -0.39 is 0 Å². The van der Waals surface area contributed by atoms with Gasteiger partial charge in [0, 0.05) is 31.4 Å². The standard InChI is InChI=1S/C16H22FN3/c1-10-6-14(7-11(2)16(10)17)8-18-9-15-12(3)19-20(5)13(15)4/h6-7,18H,8-9H2,1-5H3. The molecule has 1 aromatic heterocycles. The molecule has 0 unspecified atom stereocenters. The molecule has 0 bridgehead atoms. The number of rotatable bonds is 4. The van der Waals surface area contributed by atoms with Crippen LogP contribution in [0.5, 0.6) is 0 Å². The van der Waals surface area contributed by atoms with Gasteiger partial charge in [0.05, 0.1) is 5.69 Å². The fourth-order valence-electron chi connectivity index (χ4n) is 2.54. The monoisotopic (exact) mass is 275 g/mol. The third-order valence-electron chi connectivity index (χ3n) is 3.79. The Balaban J connectivity index is 2.03. The average molecular weight is 275 g/mol. The molecule has 0 aliphatic heterocycles. The molecule has 0 fully saturated rings. The molecule has 0 saturated heterocycles. The number of aromatic nitrogens is 2. The number of benzene rings is 1. The maximum absolute atomic E-state index is 13.6. The smallest absolute Gasteiger partial charge is 0.129 e. The summed E-state index contributed by atoms with van der Waals surface area (Å²) in [7, 11) is 1.96. The lowest BCUT2D eigenvalue weighted by Crippen LogP contribution is -2.14. The molecule has 4 heteroatoms. The first-order valence-electron chi connectivity index (χ1n) is 6.85. The molecule has 0 radical (unpaired) electrons. The predicted octanol–water partition coefficient (Wildman–Crippen LogP) is 3.08. The largest absolute Gasteiger partial charge is 0.308 e. The SMILES string of the molecule is Cc1cc(CNCc2c(C)nn(C)c2C)cc(C)c1F. The zero-order chi connectivity index (χ0) is 14.9. The molecule has 1 heterocycles. The minimum absolute atomic E-state index is 0.104. The molecule has 0 saturated carbocycles. The van der Waals surface area contributed by atoms with Gasteiger partial charge in [0.1, 0.15) is 5.82 Å². The summed E-state index contributed by atoms with van der Waals surface area (Å²) in [5.74, 6) is -0.104. The minimum Gasteiger partial charge on any atom is -0.308 e. The zero-order valence-electron chi connectivity index (χ0n) is 12.8. The van der Waals surface area contributed by atoms with Crippen LogP contribution in [-0.4, -0.2) is 9.78 Å². The van der Waals surface area contributed by atoms with Crippen molar-refractivity contribution in [1.29, 1.82) is 0 Å². The van der Waals surface area contributed by atoms with E-state index >= 15 is 0 Å². The van der Waals surface area contributed by atoms with Crippen LogP contribution in [0.15, 0.2) is 12.1 Å². The summed E-state index contributed by atoms with van der Waals surface area (Å²) in [6, 6.07) is 3.80. The Bertz CT molecular complexity index is 606. The van der Waals surface area contributed by atoms with Gasteiger partial charge < -0.3 is 5.32 Å². The van der Waals surface area contributed by atoms with Gasteiger partial charge in [0.15, 0.2) is 0 Å². The van der Waals surface area contributed by atoms with Gasteiger partial charge in [-0.1, -0.05) is 12.1 Å². The van der Waals surface area contributed by atoms with Gasteiger partial charge >= 0.3 is 0 Å². The number of halogens is 1. The van der Waals surface area contributed by atoms with E-state index in [2.05, 4.69) is 17.3 Å². The van der Waals surface area contributed by atoms with Gasteiger partial charge in [-0.3, -0.25) is 4.68 Å². The quantitative estimate of drug-likeness (QED) is 0.929. The molecule has 2 rings (SSSR count). The molecule has 3 nitrogen and oxygen atoms in total. The highest BCUT2D eigenvalue weighted by molar-refractivity contribution is 5.30. The summed E-state index contributed by atoms with van der Waals surface area (Å²) in [6.07, 6.45) is 0. The van der Waals surface area contributed by atoms with Crippen molar-refractivity contribution in [1.82, 2.24) is 15.1 Å². The van der Waals surface area contributed by atoms with Crippen molar-refractivity contribution in [2.24, 2.45) is 7.05 Å². The van der Waals surface area contributed by atoms with E-state index in [-0.39, 0.29) is 5.82 Å². The molecule has 108 valence electrons. The van der Waals surface area contributed by atoms with Crippen LogP contribution in [0.3, 0.4) is 0 Å². The first kappa shape index (κ1) is 14.7. The lowest BCUT2D eigenvalue weighted by Gasteiger charge is -2.09. The maximum atomic E-state index is 13.6. The van der Waals surface area contributed by atoms with Crippen LogP contribution in [0.25, 0.3) is 0 Å². The number of aryl methyl sites for hydroxylation is 4. The van der Waals surface area contributed by atoms with E-state index in [4.69, 9.17) is 0 Å². The molecule has 2 aromatic rings. The summed E-state index contributed by atoms with van der Waals surface area (Å²) >= 11 is 0. The van der Waals surface area contributed by atoms with Crippen molar-refractivity contribution in [3.8, 4) is 0 Å². The van der Waals surface area contributed by atoms with Crippen molar-refractivity contribution in [3.63, 3.8) is 0 Å². The zero-order valence-corrected chi connectivity index (χ0v) is 12.8. The molecule has 0 aliphatic rings. The summed E-state index contributed by atoms with van der Waals surface area (Å²) in [6.45, 7) is 9.22. The van der Waals surface area contributed by atoms with Crippen molar-refractivity contribution in [3.05, 3.63) is 51.6 Å². The van der Waals surface area contributed by atoms with Crippen LogP contribution in [0.1, 0.15) is 33.6 Å². The highest BCUT2D eigenvalue weighted by Crippen LogP contribution is 2.15. The maximum Gasteiger partial charge on any atom is 0.129 e. The molecule has 20 heavy (non-hydrogen) atoms. The Morgan fingerprint density at radius 1 is 1.10 bits per heavy atom. The molecule has 0 aliphatic carbocycles. The second-order valence-corrected chi connectivity index (χ2v) is 5.42. The van der Waals surface area contributed by atoms with Crippen LogP contribution in [0.2, 0.25) is 0 Å². The Morgan fingerprint density at radius 2 is 1.70 bits per heavy atom. The summed E-state index contributed by atoms with van der Waals surface area (Å²) in [5.41, 5.74) is 6.00. The fourth-order valence-corrected chi connectivity index (χ4v) is 2.54. The van der Waals surface area contributed by atoms with Gasteiger partial charge in [-0.05, 0) is 44.4 Å². The summed E-state index contributed by atoms with van der Waals surface area (Å²) in [5, 5.41) is 7.81. The van der Waals surface area contributed by atoms with Gasteiger partial charge in [-0.25, -0.2) is 4.39 Å². The number of nitrogens with zero attached hydrogens (tertiary/aromatic N) is 2. The topological polar surface area (TPSA) is 29.9 Å². The van der Waals surface area contributed by atoms with Gasteiger partial charge in [0.2, 0.25) is 0 Å². The number of nitrogens with one attached hydrogen (secondary N) is 1. The Morgan fingerprint density at radius 3 is 2.20 bits per heavy atom. The van der Waals surface area contributed by atoms with E-state index in [1.165, 1.54) is 11.3 Å². The fraction of sp³-hybridized carbons (Fsp3) is 0.438. The molecule has 0 spiro atoms. The molecule has 0 atom stereocenters. The molecular formula is C16H22FN3. The minimum atomic E-state index is -0.104. The Kier molecular flexibility index (Phi) is 4.23. The van der Waals surface area contributed by atoms with Crippen LogP contribution < -0.4 is 5.32 Å². The van der Waals surface area contributed by atoms with Crippen LogP contribution in [0.4, 0.5) is 4.39 Å². The van der Waals surface area contributed by atoms with E-state index in [9.17, 15) is 4.39 Å². The third-order valence-corrected chi connectivity index (χ3v) is 3.79. The lowest BCUT2D eigenvalue weighted by atomic mass is 10.1. The lowest BCUT2D eigenvalue weighted by molar-refractivity contribution is 0.606. The Hall–Kier alpha value is -1.68. The highest BCUT2D eigenvalue weighted by Gasteiger charge is 2.09. The number of hydrogen-bond acceptors (Lipinski definition) is 2. The average Bonchev–Trinajstić information content (AvgIpc) is 2.62. The van der Waals surface area contributed by atoms with Gasteiger partial charge in [0.25, 0.3) is 0 Å². The van der Waals surface area contributed by atoms with E-state index in [1.54, 1.807) is 13.8 Å². The molecule has 1 aromatic carbocycles. The predicted molar refractivity (Wildman–Crippen MR) is 79.1 cm³/mol. The van der Waals surface area contributed by atoms with E-state index in [1.807, 2.05) is 30.8 Å². The van der Waals surface area contributed by atoms with Gasteiger partial charge in [-0.15, -0.1) is 0 Å². The first-order chi connectivity index (χ1) is 9.40. The highest BCUT2D eigenvalue weighted by atomic mass is 19.1. The normalized spacial score (nSPS) is 11.1. The molecule has 0 amide bonds. The second kappa shape index (κ2) is 5.75. The van der Waals surface area contributed by atoms with Crippen LogP contribution in [-0.2, 0) is 20.1 Å². The summed E-state index contributed by atoms with van der Waals surface area (Å²) in [4.78, 5) is 0. The molecule has 1 N–H and O–H groups in total. The van der Waals surface area contributed by atoms with Crippen molar-refractivity contribution >= 4 is 0 Å². The van der Waals surface area contributed by atoms with E-state index in [0.717, 1.165) is 24.3 Å². The van der Waals surface area contributed by atoms with Crippen LogP contribution >= 0.6 is 0 Å². The summed E-state index contributed by atoms with van der Waals surface area (Å²) < 4.78 is 15.5. The van der Waals surface area contributed by atoms with Crippen molar-refractivity contribution in [2.45, 2.75) is 40.8 Å². The third kappa shape index (κ3) is 2.90. The van der Waals surface area contributed by atoms with Crippen molar-refractivity contribution in [2.75, 3.05) is 0 Å². The van der Waals surface area contributed by atoms with Crippen molar-refractivity contribution < 1.29 is 4.39 Å². The second-order valence-electron chi connectivity index (χ2n) is 5.42. The van der Waals surface area contributed by atoms with Crippen LogP contribution in [0, 0.1) is 33.5 Å². The van der Waals surface area contributed by atoms with Gasteiger partial charge in [-0.2, -0.15) is 5.10 Å². The number of hydrogen-bond donors (Lipinski definition) is 1. The Labute approximate surface area is 119 Å². The van der Waals surface area contributed by atoms with E-state index in [0.29, 0.717) is 11.1 Å².